The van der Waals surface area contributed by atoms with Gasteiger partial charge >= 0.3 is 0 Å². The molecule has 3 rings (SSSR count). The van der Waals surface area contributed by atoms with Crippen LogP contribution in [0.2, 0.25) is 0 Å². The molecule has 0 unspecified atom stereocenters. The summed E-state index contributed by atoms with van der Waals surface area (Å²) in [6.45, 7) is 0. The van der Waals surface area contributed by atoms with Gasteiger partial charge in [0.15, 0.2) is 5.82 Å². The van der Waals surface area contributed by atoms with Gasteiger partial charge < -0.3 is 5.32 Å². The lowest BCUT2D eigenvalue weighted by Gasteiger charge is -2.07. The van der Waals surface area contributed by atoms with Crippen molar-refractivity contribution >= 4 is 34.2 Å². The van der Waals surface area contributed by atoms with Gasteiger partial charge in [-0.15, -0.1) is 0 Å². The number of nitrogens with zero attached hydrogens (tertiary/aromatic N) is 4. The van der Waals surface area contributed by atoms with Gasteiger partial charge in [0.2, 0.25) is 0 Å². The summed E-state index contributed by atoms with van der Waals surface area (Å²) in [7, 11) is 0. The Balaban J connectivity index is 1.77. The van der Waals surface area contributed by atoms with Crippen LogP contribution in [0.5, 0.6) is 0 Å². The van der Waals surface area contributed by atoms with Gasteiger partial charge in [-0.05, 0) is 46.9 Å². The molecule has 0 bridgehead atoms. The molecule has 0 saturated carbocycles. The Kier molecular flexibility index (Phi) is 3.91. The molecule has 0 spiro atoms. The first-order chi connectivity index (χ1) is 10.2. The van der Waals surface area contributed by atoms with E-state index in [2.05, 4.69) is 43.0 Å². The van der Waals surface area contributed by atoms with Gasteiger partial charge in [0.05, 0.1) is 17.4 Å². The number of halogens is 1. The molecule has 0 radical (unpaired) electrons. The summed E-state index contributed by atoms with van der Waals surface area (Å²) >= 11 is 2.14. The van der Waals surface area contributed by atoms with E-state index in [-0.39, 0.29) is 5.91 Å². The molecule has 0 fully saturated rings. The number of carbonyl (C=O) groups is 1. The molecule has 7 heteroatoms. The van der Waals surface area contributed by atoms with Crippen LogP contribution in [0, 0.1) is 3.57 Å². The smallest absolute Gasteiger partial charge is 0.256 e. The third-order valence-electron chi connectivity index (χ3n) is 2.78. The first-order valence-corrected chi connectivity index (χ1v) is 7.19. The Labute approximate surface area is 134 Å². The number of anilines is 1. The van der Waals surface area contributed by atoms with E-state index in [4.69, 9.17) is 0 Å². The molecule has 0 aliphatic carbocycles. The fourth-order valence-corrected chi connectivity index (χ4v) is 2.40. The molecule has 0 aliphatic rings. The highest BCUT2D eigenvalue weighted by molar-refractivity contribution is 14.1. The number of hydrogen-bond donors (Lipinski definition) is 1. The lowest BCUT2D eigenvalue weighted by Crippen LogP contribution is -2.13. The average Bonchev–Trinajstić information content (AvgIpc) is 3.02. The zero-order valence-corrected chi connectivity index (χ0v) is 12.9. The molecule has 3 aromatic rings. The second kappa shape index (κ2) is 6.00. The molecule has 104 valence electrons. The van der Waals surface area contributed by atoms with Crippen molar-refractivity contribution in [2.75, 3.05) is 5.32 Å². The predicted octanol–water partition coefficient (Wildman–Crippen LogP) is 2.52. The van der Waals surface area contributed by atoms with Crippen molar-refractivity contribution < 1.29 is 4.79 Å². The molecule has 21 heavy (non-hydrogen) atoms. The molecular formula is C14H10IN5O. The third-order valence-corrected chi connectivity index (χ3v) is 3.72. The van der Waals surface area contributed by atoms with Crippen LogP contribution in [0.1, 0.15) is 10.4 Å². The summed E-state index contributed by atoms with van der Waals surface area (Å²) in [5.74, 6) is 0.482. The van der Waals surface area contributed by atoms with Gasteiger partial charge in [-0.25, -0.2) is 14.6 Å². The van der Waals surface area contributed by atoms with Gasteiger partial charge in [0, 0.05) is 3.57 Å². The summed E-state index contributed by atoms with van der Waals surface area (Å²) < 4.78 is 2.45. The molecule has 0 saturated heterocycles. The van der Waals surface area contributed by atoms with Gasteiger partial charge in [0.1, 0.15) is 12.7 Å². The van der Waals surface area contributed by atoms with E-state index in [9.17, 15) is 4.79 Å². The fourth-order valence-electron chi connectivity index (χ4n) is 1.77. The normalized spacial score (nSPS) is 10.3. The lowest BCUT2D eigenvalue weighted by molar-refractivity contribution is 0.102. The van der Waals surface area contributed by atoms with Crippen LogP contribution in [0.4, 0.5) is 5.69 Å². The van der Waals surface area contributed by atoms with Crippen molar-refractivity contribution in [1.82, 2.24) is 19.7 Å². The second-order valence-corrected chi connectivity index (χ2v) is 5.34. The van der Waals surface area contributed by atoms with Crippen LogP contribution in [0.3, 0.4) is 0 Å². The van der Waals surface area contributed by atoms with Gasteiger partial charge in [-0.2, -0.15) is 5.10 Å². The quantitative estimate of drug-likeness (QED) is 0.697. The summed E-state index contributed by atoms with van der Waals surface area (Å²) in [4.78, 5) is 20.3. The molecule has 1 amide bonds. The van der Waals surface area contributed by atoms with Crippen LogP contribution in [-0.2, 0) is 0 Å². The number of hydrogen-bond acceptors (Lipinski definition) is 4. The standard InChI is InChI=1S/C14H10IN5O/c15-12-4-2-1-3-11(12)14(21)19-10-5-6-13(17-7-10)20-9-16-8-18-20/h1-9H,(H,19,21). The Morgan fingerprint density at radius 2 is 2.05 bits per heavy atom. The van der Waals surface area contributed by atoms with Crippen LogP contribution < -0.4 is 5.32 Å². The first-order valence-electron chi connectivity index (χ1n) is 6.11. The third kappa shape index (κ3) is 3.07. The van der Waals surface area contributed by atoms with E-state index in [1.165, 1.54) is 6.33 Å². The highest BCUT2D eigenvalue weighted by Crippen LogP contribution is 2.15. The number of pyridine rings is 1. The van der Waals surface area contributed by atoms with Crippen LogP contribution >= 0.6 is 22.6 Å². The summed E-state index contributed by atoms with van der Waals surface area (Å²) in [5.41, 5.74) is 1.27. The van der Waals surface area contributed by atoms with Gasteiger partial charge in [-0.1, -0.05) is 12.1 Å². The molecule has 2 aromatic heterocycles. The second-order valence-electron chi connectivity index (χ2n) is 4.18. The first kappa shape index (κ1) is 13.7. The molecular weight excluding hydrogens is 381 g/mol. The molecule has 0 aliphatic heterocycles. The topological polar surface area (TPSA) is 72.7 Å². The minimum Gasteiger partial charge on any atom is -0.321 e. The van der Waals surface area contributed by atoms with Gasteiger partial charge in [-0.3, -0.25) is 4.79 Å². The highest BCUT2D eigenvalue weighted by Gasteiger charge is 2.09. The minimum atomic E-state index is -0.157. The highest BCUT2D eigenvalue weighted by atomic mass is 127. The maximum atomic E-state index is 12.2. The van der Waals surface area contributed by atoms with E-state index in [1.807, 2.05) is 18.2 Å². The zero-order chi connectivity index (χ0) is 14.7. The van der Waals surface area contributed by atoms with Crippen molar-refractivity contribution in [2.45, 2.75) is 0 Å². The van der Waals surface area contributed by atoms with E-state index in [0.29, 0.717) is 17.1 Å². The summed E-state index contributed by atoms with van der Waals surface area (Å²) in [6, 6.07) is 10.9. The summed E-state index contributed by atoms with van der Waals surface area (Å²) in [5, 5.41) is 6.81. The van der Waals surface area contributed by atoms with E-state index >= 15 is 0 Å². The average molecular weight is 391 g/mol. The summed E-state index contributed by atoms with van der Waals surface area (Å²) in [6.07, 6.45) is 4.59. The molecule has 1 aromatic carbocycles. The SMILES string of the molecule is O=C(Nc1ccc(-n2cncn2)nc1)c1ccccc1I. The van der Waals surface area contributed by atoms with Crippen LogP contribution in [0.15, 0.2) is 55.2 Å². The predicted molar refractivity (Wildman–Crippen MR) is 86.3 cm³/mol. The number of carbonyl (C=O) groups excluding carboxylic acids is 1. The van der Waals surface area contributed by atoms with Crippen molar-refractivity contribution in [1.29, 1.82) is 0 Å². The Hall–Kier alpha value is -2.29. The number of nitrogens with one attached hydrogen (secondary N) is 1. The van der Waals surface area contributed by atoms with E-state index in [1.54, 1.807) is 35.4 Å². The maximum absolute atomic E-state index is 12.2. The van der Waals surface area contributed by atoms with Crippen molar-refractivity contribution in [3.05, 3.63) is 64.4 Å². The maximum Gasteiger partial charge on any atom is 0.256 e. The Morgan fingerprint density at radius 3 is 2.71 bits per heavy atom. The monoisotopic (exact) mass is 391 g/mol. The number of amides is 1. The Morgan fingerprint density at radius 1 is 1.19 bits per heavy atom. The number of rotatable bonds is 3. The molecule has 1 N–H and O–H groups in total. The van der Waals surface area contributed by atoms with Crippen molar-refractivity contribution in [2.24, 2.45) is 0 Å². The lowest BCUT2D eigenvalue weighted by atomic mass is 10.2. The fraction of sp³-hybridized carbons (Fsp3) is 0. The van der Waals surface area contributed by atoms with Gasteiger partial charge in [0.25, 0.3) is 5.91 Å². The Bertz CT molecular complexity index is 755. The zero-order valence-electron chi connectivity index (χ0n) is 10.8. The largest absolute Gasteiger partial charge is 0.321 e. The molecule has 6 nitrogen and oxygen atoms in total. The van der Waals surface area contributed by atoms with E-state index in [0.717, 1.165) is 3.57 Å². The van der Waals surface area contributed by atoms with Crippen molar-refractivity contribution in [3.63, 3.8) is 0 Å². The van der Waals surface area contributed by atoms with Crippen LogP contribution in [-0.4, -0.2) is 25.7 Å². The molecule has 0 atom stereocenters. The number of aromatic nitrogens is 4. The number of benzene rings is 1. The van der Waals surface area contributed by atoms with Crippen molar-refractivity contribution in [3.8, 4) is 5.82 Å². The van der Waals surface area contributed by atoms with Crippen LogP contribution in [0.25, 0.3) is 5.82 Å². The molecule has 2 heterocycles. The van der Waals surface area contributed by atoms with E-state index < -0.39 is 0 Å². The minimum absolute atomic E-state index is 0.157.